The molecule has 3 aromatic rings. The summed E-state index contributed by atoms with van der Waals surface area (Å²) in [6.45, 7) is 0.113. The number of phenols is 1. The van der Waals surface area contributed by atoms with E-state index in [1.165, 1.54) is 42.6 Å². The Bertz CT molecular complexity index is 1360. The zero-order chi connectivity index (χ0) is 23.3. The largest absolute Gasteiger partial charge is 0.505 e. The van der Waals surface area contributed by atoms with Crippen LogP contribution in [0.15, 0.2) is 42.6 Å². The quantitative estimate of drug-likeness (QED) is 0.586. The van der Waals surface area contributed by atoms with Gasteiger partial charge >= 0.3 is 12.1 Å². The number of imide groups is 2. The van der Waals surface area contributed by atoms with Crippen LogP contribution in [0.4, 0.5) is 14.0 Å². The van der Waals surface area contributed by atoms with Gasteiger partial charge in [-0.2, -0.15) is 0 Å². The number of hydrogen-bond acceptors (Lipinski definition) is 7. The standard InChI is InChI=1S/C22H15FN4O6/c23-12-5-3-11(4-6-12)10-27-19(29)14-15(20(27)30)18(13-2-1-7-24-16(13)17(14)28)33-22(32)26-9-8-25-21(26)31/h1-7,28H,8-10H2,(H,25,31). The van der Waals surface area contributed by atoms with Crippen LogP contribution < -0.4 is 10.1 Å². The highest BCUT2D eigenvalue weighted by Crippen LogP contribution is 2.44. The van der Waals surface area contributed by atoms with Crippen molar-refractivity contribution in [1.29, 1.82) is 0 Å². The van der Waals surface area contributed by atoms with Crippen molar-refractivity contribution in [2.45, 2.75) is 6.54 Å². The SMILES string of the molecule is O=C1NCCN1C(=O)Oc1c2c(c(O)c3ncccc13)C(=O)N(Cc1ccc(F)cc1)C2=O. The molecular weight excluding hydrogens is 435 g/mol. The van der Waals surface area contributed by atoms with Crippen LogP contribution in [0.5, 0.6) is 11.5 Å². The van der Waals surface area contributed by atoms with Crippen LogP contribution in [-0.4, -0.2) is 56.9 Å². The molecule has 2 N–H and O–H groups in total. The zero-order valence-electron chi connectivity index (χ0n) is 16.9. The number of phenolic OH excluding ortho intramolecular Hbond substituents is 1. The molecule has 5 rings (SSSR count). The molecule has 0 spiro atoms. The van der Waals surface area contributed by atoms with Gasteiger partial charge in [0.25, 0.3) is 11.8 Å². The van der Waals surface area contributed by atoms with Gasteiger partial charge in [0.15, 0.2) is 11.5 Å². The van der Waals surface area contributed by atoms with E-state index in [9.17, 15) is 28.7 Å². The zero-order valence-corrected chi connectivity index (χ0v) is 16.9. The summed E-state index contributed by atoms with van der Waals surface area (Å²) in [5, 5.41) is 13.3. The molecule has 10 nitrogen and oxygen atoms in total. The lowest BCUT2D eigenvalue weighted by molar-refractivity contribution is 0.0641. The van der Waals surface area contributed by atoms with Crippen LogP contribution in [0.3, 0.4) is 0 Å². The number of benzene rings is 2. The van der Waals surface area contributed by atoms with E-state index in [1.807, 2.05) is 0 Å². The molecule has 0 radical (unpaired) electrons. The number of ether oxygens (including phenoxy) is 1. The molecule has 33 heavy (non-hydrogen) atoms. The van der Waals surface area contributed by atoms with Gasteiger partial charge in [0.2, 0.25) is 0 Å². The average Bonchev–Trinajstić information content (AvgIpc) is 3.34. The van der Waals surface area contributed by atoms with Crippen LogP contribution in [0.1, 0.15) is 26.3 Å². The number of pyridine rings is 1. The Balaban J connectivity index is 1.61. The molecule has 2 aliphatic heterocycles. The highest BCUT2D eigenvalue weighted by Gasteiger charge is 2.43. The Morgan fingerprint density at radius 2 is 1.85 bits per heavy atom. The van der Waals surface area contributed by atoms with Crippen molar-refractivity contribution >= 4 is 34.8 Å². The summed E-state index contributed by atoms with van der Waals surface area (Å²) in [6, 6.07) is 7.54. The summed E-state index contributed by atoms with van der Waals surface area (Å²) in [5.74, 6) is -2.92. The summed E-state index contributed by atoms with van der Waals surface area (Å²) in [4.78, 5) is 56.6. The minimum absolute atomic E-state index is 0.0466. The lowest BCUT2D eigenvalue weighted by atomic mass is 10.0. The van der Waals surface area contributed by atoms with Gasteiger partial charge < -0.3 is 15.2 Å². The van der Waals surface area contributed by atoms with Gasteiger partial charge in [0.05, 0.1) is 13.1 Å². The first kappa shape index (κ1) is 20.4. The van der Waals surface area contributed by atoms with Crippen molar-refractivity contribution in [3.05, 3.63) is 65.1 Å². The molecule has 166 valence electrons. The molecule has 0 atom stereocenters. The third-order valence-electron chi connectivity index (χ3n) is 5.43. The molecule has 1 aromatic heterocycles. The number of nitrogens with zero attached hydrogens (tertiary/aromatic N) is 3. The third kappa shape index (κ3) is 3.21. The Morgan fingerprint density at radius 3 is 2.55 bits per heavy atom. The molecule has 1 saturated heterocycles. The van der Waals surface area contributed by atoms with E-state index in [0.717, 1.165) is 9.80 Å². The van der Waals surface area contributed by atoms with Crippen molar-refractivity contribution in [3.8, 4) is 11.5 Å². The van der Waals surface area contributed by atoms with E-state index in [4.69, 9.17) is 4.74 Å². The smallest absolute Gasteiger partial charge is 0.423 e. The molecule has 0 unspecified atom stereocenters. The second-order valence-electron chi connectivity index (χ2n) is 7.40. The maximum Gasteiger partial charge on any atom is 0.423 e. The van der Waals surface area contributed by atoms with Crippen molar-refractivity contribution in [2.75, 3.05) is 13.1 Å². The second kappa shape index (κ2) is 7.55. The normalized spacial score (nSPS) is 15.2. The van der Waals surface area contributed by atoms with Gasteiger partial charge in [0, 0.05) is 18.1 Å². The lowest BCUT2D eigenvalue weighted by Crippen LogP contribution is -2.36. The van der Waals surface area contributed by atoms with Crippen LogP contribution in [0.25, 0.3) is 10.9 Å². The van der Waals surface area contributed by atoms with E-state index in [-0.39, 0.29) is 47.4 Å². The van der Waals surface area contributed by atoms with E-state index >= 15 is 0 Å². The first-order valence-electron chi connectivity index (χ1n) is 9.88. The first-order chi connectivity index (χ1) is 15.9. The number of hydrogen-bond donors (Lipinski definition) is 2. The van der Waals surface area contributed by atoms with Crippen molar-refractivity contribution < 1.29 is 33.4 Å². The molecule has 11 heteroatoms. The number of fused-ring (bicyclic) bond motifs is 2. The Hall–Kier alpha value is -4.54. The molecule has 2 aliphatic rings. The molecule has 3 heterocycles. The van der Waals surface area contributed by atoms with Crippen molar-refractivity contribution in [3.63, 3.8) is 0 Å². The predicted octanol–water partition coefficient (Wildman–Crippen LogP) is 2.40. The van der Waals surface area contributed by atoms with Crippen molar-refractivity contribution in [2.24, 2.45) is 0 Å². The average molecular weight is 450 g/mol. The summed E-state index contributed by atoms with van der Waals surface area (Å²) in [5.41, 5.74) is -0.245. The topological polar surface area (TPSA) is 129 Å². The van der Waals surface area contributed by atoms with E-state index in [0.29, 0.717) is 5.56 Å². The van der Waals surface area contributed by atoms with Gasteiger partial charge in [-0.3, -0.25) is 19.5 Å². The maximum atomic E-state index is 13.3. The van der Waals surface area contributed by atoms with Gasteiger partial charge in [-0.15, -0.1) is 0 Å². The van der Waals surface area contributed by atoms with E-state index < -0.39 is 35.5 Å². The molecule has 0 saturated carbocycles. The Morgan fingerprint density at radius 1 is 1.12 bits per heavy atom. The molecule has 2 aromatic carbocycles. The number of carbonyl (C=O) groups is 4. The highest BCUT2D eigenvalue weighted by molar-refractivity contribution is 6.27. The number of aromatic hydroxyl groups is 1. The minimum Gasteiger partial charge on any atom is -0.505 e. The summed E-state index contributed by atoms with van der Waals surface area (Å²) < 4.78 is 18.7. The molecule has 0 bridgehead atoms. The lowest BCUT2D eigenvalue weighted by Gasteiger charge is -2.16. The maximum absolute atomic E-state index is 13.3. The van der Waals surface area contributed by atoms with Crippen LogP contribution in [0.2, 0.25) is 0 Å². The molecule has 0 aliphatic carbocycles. The second-order valence-corrected chi connectivity index (χ2v) is 7.40. The Labute approximate surface area is 185 Å². The van der Waals surface area contributed by atoms with E-state index in [2.05, 4.69) is 10.3 Å². The van der Waals surface area contributed by atoms with Crippen molar-refractivity contribution in [1.82, 2.24) is 20.1 Å². The van der Waals surface area contributed by atoms with Crippen LogP contribution in [0, 0.1) is 5.82 Å². The minimum atomic E-state index is -1.04. The van der Waals surface area contributed by atoms with Gasteiger partial charge in [0.1, 0.15) is 22.5 Å². The highest BCUT2D eigenvalue weighted by atomic mass is 19.1. The number of carbonyl (C=O) groups excluding carboxylic acids is 4. The number of amides is 5. The fourth-order valence-electron chi connectivity index (χ4n) is 3.85. The van der Waals surface area contributed by atoms with Gasteiger partial charge in [-0.1, -0.05) is 12.1 Å². The Kier molecular flexibility index (Phi) is 4.66. The van der Waals surface area contributed by atoms with Crippen LogP contribution in [-0.2, 0) is 6.54 Å². The van der Waals surface area contributed by atoms with Gasteiger partial charge in [-0.25, -0.2) is 18.9 Å². The van der Waals surface area contributed by atoms with Gasteiger partial charge in [-0.05, 0) is 29.8 Å². The fraction of sp³-hybridized carbons (Fsp3) is 0.136. The predicted molar refractivity (Wildman–Crippen MR) is 110 cm³/mol. The molecule has 1 fully saturated rings. The fourth-order valence-corrected chi connectivity index (χ4v) is 3.85. The number of aromatic nitrogens is 1. The molecule has 5 amide bonds. The number of nitrogens with one attached hydrogen (secondary N) is 1. The third-order valence-corrected chi connectivity index (χ3v) is 5.43. The summed E-state index contributed by atoms with van der Waals surface area (Å²) in [7, 11) is 0. The monoisotopic (exact) mass is 450 g/mol. The number of halogens is 1. The number of rotatable bonds is 3. The first-order valence-corrected chi connectivity index (χ1v) is 9.88. The summed E-state index contributed by atoms with van der Waals surface area (Å²) >= 11 is 0. The van der Waals surface area contributed by atoms with Crippen LogP contribution >= 0.6 is 0 Å². The number of urea groups is 1. The van der Waals surface area contributed by atoms with E-state index in [1.54, 1.807) is 0 Å². The summed E-state index contributed by atoms with van der Waals surface area (Å²) in [6.07, 6.45) is 0.325. The molecular formula is C22H15FN4O6.